The van der Waals surface area contributed by atoms with E-state index in [2.05, 4.69) is 5.10 Å². The third kappa shape index (κ3) is 2.60. The third-order valence-corrected chi connectivity index (χ3v) is 2.85. The molecule has 2 N–H and O–H groups in total. The molecule has 5 heteroatoms. The van der Waals surface area contributed by atoms with Crippen molar-refractivity contribution in [2.45, 2.75) is 51.6 Å². The second-order valence-corrected chi connectivity index (χ2v) is 5.51. The number of carbonyl (C=O) groups excluding carboxylic acids is 1. The predicted molar refractivity (Wildman–Crippen MR) is 64.9 cm³/mol. The molecule has 0 aliphatic heterocycles. The van der Waals surface area contributed by atoms with Gasteiger partial charge < -0.3 is 10.5 Å². The molecular formula is C12H19N3O2. The van der Waals surface area contributed by atoms with Crippen molar-refractivity contribution >= 4 is 11.9 Å². The maximum Gasteiger partial charge on any atom is 0.437 e. The molecule has 17 heavy (non-hydrogen) atoms. The quantitative estimate of drug-likeness (QED) is 0.814. The summed E-state index contributed by atoms with van der Waals surface area (Å²) >= 11 is 0. The zero-order chi connectivity index (χ0) is 12.6. The normalized spacial score (nSPS) is 16.6. The first-order valence-electron chi connectivity index (χ1n) is 5.95. The van der Waals surface area contributed by atoms with Crippen LogP contribution in [0.1, 0.15) is 51.6 Å². The Kier molecular flexibility index (Phi) is 2.85. The molecule has 1 heterocycles. The average Bonchev–Trinajstić information content (AvgIpc) is 2.40. The average molecular weight is 237 g/mol. The molecule has 0 bridgehead atoms. The van der Waals surface area contributed by atoms with Crippen molar-refractivity contribution in [3.8, 4) is 0 Å². The summed E-state index contributed by atoms with van der Waals surface area (Å²) in [4.78, 5) is 11.8. The second-order valence-electron chi connectivity index (χ2n) is 5.51. The van der Waals surface area contributed by atoms with Crippen molar-refractivity contribution in [2.24, 2.45) is 0 Å². The zero-order valence-corrected chi connectivity index (χ0v) is 10.6. The van der Waals surface area contributed by atoms with Crippen LogP contribution in [-0.4, -0.2) is 21.5 Å². The fraction of sp³-hybridized carbons (Fsp3) is 0.667. The van der Waals surface area contributed by atoms with Gasteiger partial charge in [-0.15, -0.1) is 4.68 Å². The van der Waals surface area contributed by atoms with Crippen LogP contribution in [0.25, 0.3) is 0 Å². The zero-order valence-electron chi connectivity index (χ0n) is 10.6. The summed E-state index contributed by atoms with van der Waals surface area (Å²) in [6.07, 6.45) is 2.97. The Bertz CT molecular complexity index is 427. The Morgan fingerprint density at radius 2 is 2.18 bits per heavy atom. The van der Waals surface area contributed by atoms with Gasteiger partial charge in [0, 0.05) is 12.0 Å². The Labute approximate surface area is 101 Å². The first-order chi connectivity index (χ1) is 7.87. The van der Waals surface area contributed by atoms with Gasteiger partial charge in [-0.05, 0) is 33.6 Å². The summed E-state index contributed by atoms with van der Waals surface area (Å²) in [6.45, 7) is 5.45. The van der Waals surface area contributed by atoms with E-state index in [1.807, 2.05) is 20.8 Å². The smallest absolute Gasteiger partial charge is 0.437 e. The number of nitrogens with two attached hydrogens (primary N) is 1. The lowest BCUT2D eigenvalue weighted by atomic mass is 9.83. The number of hydrogen-bond donors (Lipinski definition) is 1. The number of rotatable bonds is 1. The van der Waals surface area contributed by atoms with Crippen LogP contribution >= 0.6 is 0 Å². The van der Waals surface area contributed by atoms with Gasteiger partial charge in [0.2, 0.25) is 0 Å². The SMILES string of the molecule is CC(C)(C)OC(=O)n1nc(C2CCC2)cc1N. The number of nitrogens with zero attached hydrogens (tertiary/aromatic N) is 2. The van der Waals surface area contributed by atoms with Crippen LogP contribution < -0.4 is 5.73 Å². The minimum Gasteiger partial charge on any atom is -0.442 e. The molecule has 94 valence electrons. The molecule has 0 amide bonds. The van der Waals surface area contributed by atoms with Crippen molar-refractivity contribution in [3.05, 3.63) is 11.8 Å². The fourth-order valence-electron chi connectivity index (χ4n) is 1.77. The molecule has 5 nitrogen and oxygen atoms in total. The van der Waals surface area contributed by atoms with Crippen LogP contribution in [0, 0.1) is 0 Å². The molecule has 1 aromatic heterocycles. The van der Waals surface area contributed by atoms with Crippen molar-refractivity contribution in [1.29, 1.82) is 0 Å². The van der Waals surface area contributed by atoms with E-state index < -0.39 is 11.7 Å². The highest BCUT2D eigenvalue weighted by Crippen LogP contribution is 2.36. The van der Waals surface area contributed by atoms with Crippen molar-refractivity contribution < 1.29 is 9.53 Å². The summed E-state index contributed by atoms with van der Waals surface area (Å²) in [5, 5.41) is 4.23. The van der Waals surface area contributed by atoms with Gasteiger partial charge in [0.25, 0.3) is 0 Å². The maximum atomic E-state index is 11.8. The highest BCUT2D eigenvalue weighted by atomic mass is 16.6. The predicted octanol–water partition coefficient (Wildman–Crippen LogP) is 2.52. The van der Waals surface area contributed by atoms with Gasteiger partial charge in [-0.3, -0.25) is 0 Å². The molecule has 2 rings (SSSR count). The van der Waals surface area contributed by atoms with Gasteiger partial charge in [0.05, 0.1) is 5.69 Å². The third-order valence-electron chi connectivity index (χ3n) is 2.85. The Morgan fingerprint density at radius 3 is 2.65 bits per heavy atom. The lowest BCUT2D eigenvalue weighted by Crippen LogP contribution is -2.28. The minimum atomic E-state index is -0.536. The minimum absolute atomic E-state index is 0.348. The van der Waals surface area contributed by atoms with E-state index in [9.17, 15) is 4.79 Å². The molecule has 1 aromatic rings. The van der Waals surface area contributed by atoms with Crippen molar-refractivity contribution in [3.63, 3.8) is 0 Å². The highest BCUT2D eigenvalue weighted by Gasteiger charge is 2.26. The first kappa shape index (κ1) is 12.0. The molecule has 1 saturated carbocycles. The Balaban J connectivity index is 2.15. The molecule has 1 aliphatic rings. The Hall–Kier alpha value is -1.52. The van der Waals surface area contributed by atoms with Gasteiger partial charge in [-0.2, -0.15) is 5.10 Å². The van der Waals surface area contributed by atoms with Gasteiger partial charge in [0.15, 0.2) is 0 Å². The molecule has 1 fully saturated rings. The molecular weight excluding hydrogens is 218 g/mol. The van der Waals surface area contributed by atoms with E-state index in [1.54, 1.807) is 6.07 Å². The van der Waals surface area contributed by atoms with Crippen LogP contribution in [0.3, 0.4) is 0 Å². The largest absolute Gasteiger partial charge is 0.442 e. The Morgan fingerprint density at radius 1 is 1.53 bits per heavy atom. The molecule has 0 unspecified atom stereocenters. The van der Waals surface area contributed by atoms with Crippen molar-refractivity contribution in [1.82, 2.24) is 9.78 Å². The van der Waals surface area contributed by atoms with Crippen molar-refractivity contribution in [2.75, 3.05) is 5.73 Å². The highest BCUT2D eigenvalue weighted by molar-refractivity contribution is 5.73. The molecule has 0 radical (unpaired) electrons. The van der Waals surface area contributed by atoms with Gasteiger partial charge in [-0.25, -0.2) is 4.79 Å². The lowest BCUT2D eigenvalue weighted by molar-refractivity contribution is 0.0517. The number of anilines is 1. The number of hydrogen-bond acceptors (Lipinski definition) is 4. The summed E-state index contributed by atoms with van der Waals surface area (Å²) in [5.41, 5.74) is 6.14. The van der Waals surface area contributed by atoms with Crippen LogP contribution in [0.4, 0.5) is 10.6 Å². The van der Waals surface area contributed by atoms with E-state index in [-0.39, 0.29) is 0 Å². The molecule has 0 atom stereocenters. The van der Waals surface area contributed by atoms with E-state index >= 15 is 0 Å². The van der Waals surface area contributed by atoms with Crippen LogP contribution in [0.2, 0.25) is 0 Å². The fourth-order valence-corrected chi connectivity index (χ4v) is 1.77. The van der Waals surface area contributed by atoms with E-state index in [0.717, 1.165) is 23.2 Å². The molecule has 0 saturated heterocycles. The van der Waals surface area contributed by atoms with E-state index in [0.29, 0.717) is 11.7 Å². The summed E-state index contributed by atoms with van der Waals surface area (Å²) in [6, 6.07) is 1.77. The molecule has 1 aliphatic carbocycles. The van der Waals surface area contributed by atoms with Crippen LogP contribution in [0.5, 0.6) is 0 Å². The number of ether oxygens (including phenoxy) is 1. The monoisotopic (exact) mass is 237 g/mol. The van der Waals surface area contributed by atoms with Crippen LogP contribution in [-0.2, 0) is 4.74 Å². The standard InChI is InChI=1S/C12H19N3O2/c1-12(2,3)17-11(16)15-10(13)7-9(14-15)8-5-4-6-8/h7-8H,4-6,13H2,1-3H3. The number of nitrogen functional groups attached to an aromatic ring is 1. The summed E-state index contributed by atoms with van der Waals surface area (Å²) in [5.74, 6) is 0.808. The van der Waals surface area contributed by atoms with Gasteiger partial charge in [0.1, 0.15) is 11.4 Å². The topological polar surface area (TPSA) is 70.1 Å². The maximum absolute atomic E-state index is 11.8. The molecule has 0 aromatic carbocycles. The summed E-state index contributed by atoms with van der Waals surface area (Å²) in [7, 11) is 0. The number of carbonyl (C=O) groups is 1. The van der Waals surface area contributed by atoms with E-state index in [1.165, 1.54) is 6.42 Å². The van der Waals surface area contributed by atoms with Crippen LogP contribution in [0.15, 0.2) is 6.07 Å². The molecule has 0 spiro atoms. The van der Waals surface area contributed by atoms with Gasteiger partial charge >= 0.3 is 6.09 Å². The van der Waals surface area contributed by atoms with E-state index in [4.69, 9.17) is 10.5 Å². The summed E-state index contributed by atoms with van der Waals surface area (Å²) < 4.78 is 6.38. The second kappa shape index (κ2) is 4.05. The lowest BCUT2D eigenvalue weighted by Gasteiger charge is -2.23. The first-order valence-corrected chi connectivity index (χ1v) is 5.95. The van der Waals surface area contributed by atoms with Gasteiger partial charge in [-0.1, -0.05) is 6.42 Å². The number of aromatic nitrogens is 2.